The third kappa shape index (κ3) is 3.37. The molecule has 18 heavy (non-hydrogen) atoms. The first-order valence-electron chi connectivity index (χ1n) is 6.28. The van der Waals surface area contributed by atoms with Gasteiger partial charge in [-0.25, -0.2) is 0 Å². The first-order valence-corrected chi connectivity index (χ1v) is 6.28. The first kappa shape index (κ1) is 12.7. The number of hydrogen-bond donors (Lipinski definition) is 1. The monoisotopic (exact) mass is 242 g/mol. The molecule has 0 atom stereocenters. The quantitative estimate of drug-likeness (QED) is 0.820. The SMILES string of the molecule is Cc1ccc(-c2ccc(CCCCO)cn2)nc1. The first-order chi connectivity index (χ1) is 8.79. The van der Waals surface area contributed by atoms with Gasteiger partial charge in [-0.2, -0.15) is 0 Å². The summed E-state index contributed by atoms with van der Waals surface area (Å²) in [5.74, 6) is 0. The van der Waals surface area contributed by atoms with E-state index in [0.29, 0.717) is 0 Å². The number of rotatable bonds is 5. The Morgan fingerprint density at radius 3 is 2.22 bits per heavy atom. The molecule has 0 amide bonds. The molecule has 94 valence electrons. The molecule has 0 saturated carbocycles. The Balaban J connectivity index is 2.05. The predicted octanol–water partition coefficient (Wildman–Crippen LogP) is 2.77. The van der Waals surface area contributed by atoms with Crippen LogP contribution in [0.15, 0.2) is 36.7 Å². The third-order valence-corrected chi connectivity index (χ3v) is 2.87. The Morgan fingerprint density at radius 2 is 1.67 bits per heavy atom. The van der Waals surface area contributed by atoms with Crippen molar-refractivity contribution in [3.05, 3.63) is 47.8 Å². The zero-order valence-electron chi connectivity index (χ0n) is 10.6. The molecule has 0 aliphatic rings. The lowest BCUT2D eigenvalue weighted by molar-refractivity contribution is 0.284. The van der Waals surface area contributed by atoms with Crippen molar-refractivity contribution in [3.8, 4) is 11.4 Å². The van der Waals surface area contributed by atoms with Crippen LogP contribution in [0.4, 0.5) is 0 Å². The summed E-state index contributed by atoms with van der Waals surface area (Å²) in [5.41, 5.74) is 4.17. The van der Waals surface area contributed by atoms with Crippen molar-refractivity contribution in [2.24, 2.45) is 0 Å². The lowest BCUT2D eigenvalue weighted by Gasteiger charge is -2.03. The number of aliphatic hydroxyl groups excluding tert-OH is 1. The Morgan fingerprint density at radius 1 is 0.944 bits per heavy atom. The molecule has 0 radical (unpaired) electrons. The average molecular weight is 242 g/mol. The lowest BCUT2D eigenvalue weighted by Crippen LogP contribution is -1.92. The van der Waals surface area contributed by atoms with Crippen LogP contribution >= 0.6 is 0 Å². The van der Waals surface area contributed by atoms with Crippen LogP contribution in [0.25, 0.3) is 11.4 Å². The van der Waals surface area contributed by atoms with Crippen molar-refractivity contribution in [2.75, 3.05) is 6.61 Å². The highest BCUT2D eigenvalue weighted by atomic mass is 16.2. The van der Waals surface area contributed by atoms with Gasteiger partial charge in [0.15, 0.2) is 0 Å². The number of hydrogen-bond acceptors (Lipinski definition) is 3. The molecule has 0 spiro atoms. The molecule has 2 rings (SSSR count). The second-order valence-electron chi connectivity index (χ2n) is 4.45. The zero-order valence-corrected chi connectivity index (χ0v) is 10.6. The summed E-state index contributed by atoms with van der Waals surface area (Å²) >= 11 is 0. The fraction of sp³-hybridized carbons (Fsp3) is 0.333. The smallest absolute Gasteiger partial charge is 0.0886 e. The summed E-state index contributed by atoms with van der Waals surface area (Å²) in [6, 6.07) is 8.12. The van der Waals surface area contributed by atoms with Gasteiger partial charge in [-0.15, -0.1) is 0 Å². The van der Waals surface area contributed by atoms with E-state index in [1.54, 1.807) is 0 Å². The zero-order chi connectivity index (χ0) is 12.8. The van der Waals surface area contributed by atoms with Gasteiger partial charge in [-0.1, -0.05) is 12.1 Å². The highest BCUT2D eigenvalue weighted by Crippen LogP contribution is 2.15. The van der Waals surface area contributed by atoms with Gasteiger partial charge in [0.25, 0.3) is 0 Å². The van der Waals surface area contributed by atoms with Gasteiger partial charge in [0.2, 0.25) is 0 Å². The molecular weight excluding hydrogens is 224 g/mol. The van der Waals surface area contributed by atoms with Gasteiger partial charge in [0, 0.05) is 19.0 Å². The minimum Gasteiger partial charge on any atom is -0.396 e. The van der Waals surface area contributed by atoms with Gasteiger partial charge >= 0.3 is 0 Å². The molecule has 2 heterocycles. The fourth-order valence-electron chi connectivity index (χ4n) is 1.78. The maximum Gasteiger partial charge on any atom is 0.0886 e. The second-order valence-corrected chi connectivity index (χ2v) is 4.45. The maximum atomic E-state index is 8.74. The summed E-state index contributed by atoms with van der Waals surface area (Å²) in [7, 11) is 0. The van der Waals surface area contributed by atoms with E-state index < -0.39 is 0 Å². The highest BCUT2D eigenvalue weighted by Gasteiger charge is 2.01. The predicted molar refractivity (Wildman–Crippen MR) is 72.2 cm³/mol. The van der Waals surface area contributed by atoms with Gasteiger partial charge in [-0.05, 0) is 49.4 Å². The number of unbranched alkanes of at least 4 members (excludes halogenated alkanes) is 1. The number of nitrogens with zero attached hydrogens (tertiary/aromatic N) is 2. The van der Waals surface area contributed by atoms with E-state index in [1.165, 1.54) is 5.56 Å². The normalized spacial score (nSPS) is 10.6. The fourth-order valence-corrected chi connectivity index (χ4v) is 1.78. The minimum absolute atomic E-state index is 0.263. The largest absolute Gasteiger partial charge is 0.396 e. The average Bonchev–Trinajstić information content (AvgIpc) is 2.41. The van der Waals surface area contributed by atoms with Crippen molar-refractivity contribution in [1.82, 2.24) is 9.97 Å². The van der Waals surface area contributed by atoms with E-state index in [-0.39, 0.29) is 6.61 Å². The molecule has 0 aromatic carbocycles. The van der Waals surface area contributed by atoms with Crippen molar-refractivity contribution >= 4 is 0 Å². The van der Waals surface area contributed by atoms with E-state index in [0.717, 1.165) is 36.2 Å². The van der Waals surface area contributed by atoms with Crippen molar-refractivity contribution in [2.45, 2.75) is 26.2 Å². The van der Waals surface area contributed by atoms with Crippen LogP contribution in [0.1, 0.15) is 24.0 Å². The van der Waals surface area contributed by atoms with E-state index in [1.807, 2.05) is 37.5 Å². The van der Waals surface area contributed by atoms with E-state index >= 15 is 0 Å². The van der Waals surface area contributed by atoms with Gasteiger partial charge in [0.1, 0.15) is 0 Å². The molecule has 3 nitrogen and oxygen atoms in total. The molecule has 0 fully saturated rings. The summed E-state index contributed by atoms with van der Waals surface area (Å²) in [5, 5.41) is 8.74. The van der Waals surface area contributed by atoms with Crippen LogP contribution in [0.5, 0.6) is 0 Å². The molecule has 1 N–H and O–H groups in total. The van der Waals surface area contributed by atoms with Crippen LogP contribution in [0.3, 0.4) is 0 Å². The molecule has 2 aromatic heterocycles. The molecule has 0 aliphatic heterocycles. The van der Waals surface area contributed by atoms with Crippen LogP contribution in [-0.4, -0.2) is 21.7 Å². The Kier molecular flexibility index (Phi) is 4.42. The summed E-state index contributed by atoms with van der Waals surface area (Å²) in [6.45, 7) is 2.28. The Bertz CT molecular complexity index is 477. The Labute approximate surface area is 108 Å². The Hall–Kier alpha value is -1.74. The van der Waals surface area contributed by atoms with E-state index in [9.17, 15) is 0 Å². The number of aromatic nitrogens is 2. The summed E-state index contributed by atoms with van der Waals surface area (Å²) in [4.78, 5) is 8.79. The topological polar surface area (TPSA) is 46.0 Å². The molecular formula is C15H18N2O. The minimum atomic E-state index is 0.263. The maximum absolute atomic E-state index is 8.74. The lowest BCUT2D eigenvalue weighted by atomic mass is 10.1. The van der Waals surface area contributed by atoms with E-state index in [2.05, 4.69) is 16.0 Å². The van der Waals surface area contributed by atoms with Crippen LogP contribution < -0.4 is 0 Å². The van der Waals surface area contributed by atoms with E-state index in [4.69, 9.17) is 5.11 Å². The standard InChI is InChI=1S/C15H18N2O/c1-12-5-7-14(16-10-12)15-8-6-13(11-17-15)4-2-3-9-18/h5-8,10-11,18H,2-4,9H2,1H3. The van der Waals surface area contributed by atoms with Gasteiger partial charge in [0.05, 0.1) is 11.4 Å². The molecule has 0 saturated heterocycles. The van der Waals surface area contributed by atoms with Crippen molar-refractivity contribution in [1.29, 1.82) is 0 Å². The van der Waals surface area contributed by atoms with Crippen LogP contribution in [0, 0.1) is 6.92 Å². The highest BCUT2D eigenvalue weighted by molar-refractivity contribution is 5.53. The molecule has 2 aromatic rings. The number of pyridine rings is 2. The number of aryl methyl sites for hydroxylation is 2. The molecule has 0 aliphatic carbocycles. The molecule has 0 bridgehead atoms. The van der Waals surface area contributed by atoms with Crippen LogP contribution in [-0.2, 0) is 6.42 Å². The molecule has 3 heteroatoms. The third-order valence-electron chi connectivity index (χ3n) is 2.87. The van der Waals surface area contributed by atoms with Crippen LogP contribution in [0.2, 0.25) is 0 Å². The number of aliphatic hydroxyl groups is 1. The summed E-state index contributed by atoms with van der Waals surface area (Å²) in [6.07, 6.45) is 6.57. The van der Waals surface area contributed by atoms with Gasteiger partial charge in [-0.3, -0.25) is 9.97 Å². The second kappa shape index (κ2) is 6.26. The van der Waals surface area contributed by atoms with Crippen molar-refractivity contribution < 1.29 is 5.11 Å². The van der Waals surface area contributed by atoms with Gasteiger partial charge < -0.3 is 5.11 Å². The summed E-state index contributed by atoms with van der Waals surface area (Å²) < 4.78 is 0. The van der Waals surface area contributed by atoms with Crippen molar-refractivity contribution in [3.63, 3.8) is 0 Å². The molecule has 0 unspecified atom stereocenters.